The summed E-state index contributed by atoms with van der Waals surface area (Å²) in [5.41, 5.74) is 4.78. The van der Waals surface area contributed by atoms with Gasteiger partial charge in [0.25, 0.3) is 0 Å². The van der Waals surface area contributed by atoms with Gasteiger partial charge in [-0.25, -0.2) is 0 Å². The van der Waals surface area contributed by atoms with Gasteiger partial charge in [-0.2, -0.15) is 0 Å². The molecule has 0 aromatic heterocycles. The molecular weight excluding hydrogens is 314 g/mol. The van der Waals surface area contributed by atoms with E-state index < -0.39 is 36.4 Å². The summed E-state index contributed by atoms with van der Waals surface area (Å²) in [6, 6.07) is 3.11. The van der Waals surface area contributed by atoms with Gasteiger partial charge in [0.1, 0.15) is 11.5 Å². The number of hydrogen-bond acceptors (Lipinski definition) is 5. The number of benzene rings is 1. The number of phenols is 1. The normalized spacial score (nSPS) is 21.3. The standard InChI is InChI=1S/C14H19BF3NO4/c1-12(2)13(3,4)23-15(22-12)11(19)9-7-8(5-6-10(9)20)21-14(16,17)18/h5-7,11,20H,19H2,1-4H3/t11-/m1/s1. The Morgan fingerprint density at radius 1 is 1.17 bits per heavy atom. The summed E-state index contributed by atoms with van der Waals surface area (Å²) in [5, 5.41) is 9.90. The van der Waals surface area contributed by atoms with Gasteiger partial charge < -0.3 is 24.9 Å². The summed E-state index contributed by atoms with van der Waals surface area (Å²) in [5.74, 6) is -1.72. The van der Waals surface area contributed by atoms with E-state index in [2.05, 4.69) is 4.74 Å². The van der Waals surface area contributed by atoms with Crippen LogP contribution < -0.4 is 10.5 Å². The van der Waals surface area contributed by atoms with E-state index in [0.717, 1.165) is 18.2 Å². The van der Waals surface area contributed by atoms with E-state index in [1.165, 1.54) is 0 Å². The van der Waals surface area contributed by atoms with Crippen LogP contribution in [0.4, 0.5) is 13.2 Å². The Bertz CT molecular complexity index is 576. The molecular formula is C14H19BF3NO4. The highest BCUT2D eigenvalue weighted by molar-refractivity contribution is 6.47. The molecule has 1 aromatic carbocycles. The van der Waals surface area contributed by atoms with Crippen molar-refractivity contribution in [3.63, 3.8) is 0 Å². The molecule has 0 radical (unpaired) electrons. The van der Waals surface area contributed by atoms with E-state index in [0.29, 0.717) is 0 Å². The molecule has 0 amide bonds. The predicted molar refractivity (Wildman–Crippen MR) is 77.8 cm³/mol. The fourth-order valence-corrected chi connectivity index (χ4v) is 2.18. The fraction of sp³-hybridized carbons (Fsp3) is 0.571. The summed E-state index contributed by atoms with van der Waals surface area (Å²) < 4.78 is 52.3. The topological polar surface area (TPSA) is 73.9 Å². The first-order valence-corrected chi connectivity index (χ1v) is 7.02. The average molecular weight is 333 g/mol. The van der Waals surface area contributed by atoms with Gasteiger partial charge in [0, 0.05) is 5.56 Å². The first-order valence-electron chi connectivity index (χ1n) is 7.02. The quantitative estimate of drug-likeness (QED) is 0.832. The van der Waals surface area contributed by atoms with Gasteiger partial charge in [-0.05, 0) is 45.9 Å². The third-order valence-corrected chi connectivity index (χ3v) is 4.16. The third kappa shape index (κ3) is 3.73. The molecule has 0 unspecified atom stereocenters. The van der Waals surface area contributed by atoms with Crippen LogP contribution in [0.25, 0.3) is 0 Å². The molecule has 1 heterocycles. The van der Waals surface area contributed by atoms with Crippen LogP contribution in [0.2, 0.25) is 0 Å². The van der Waals surface area contributed by atoms with Crippen molar-refractivity contribution in [2.75, 3.05) is 0 Å². The molecule has 128 valence electrons. The molecule has 1 saturated heterocycles. The van der Waals surface area contributed by atoms with Crippen LogP contribution in [-0.2, 0) is 9.31 Å². The van der Waals surface area contributed by atoms with Gasteiger partial charge in [0.15, 0.2) is 0 Å². The van der Waals surface area contributed by atoms with Crippen molar-refractivity contribution in [2.45, 2.75) is 51.2 Å². The highest BCUT2D eigenvalue weighted by Gasteiger charge is 2.53. The van der Waals surface area contributed by atoms with E-state index in [9.17, 15) is 18.3 Å². The van der Waals surface area contributed by atoms with Crippen molar-refractivity contribution in [1.82, 2.24) is 0 Å². The minimum atomic E-state index is -4.83. The highest BCUT2D eigenvalue weighted by atomic mass is 19.4. The summed E-state index contributed by atoms with van der Waals surface area (Å²) in [4.78, 5) is 0. The molecule has 1 aliphatic heterocycles. The Labute approximate surface area is 132 Å². The van der Waals surface area contributed by atoms with Gasteiger partial charge in [0.2, 0.25) is 0 Å². The fourth-order valence-electron chi connectivity index (χ4n) is 2.18. The lowest BCUT2D eigenvalue weighted by Crippen LogP contribution is -2.41. The molecule has 1 aromatic rings. The third-order valence-electron chi connectivity index (χ3n) is 4.16. The number of rotatable bonds is 3. The summed E-state index contributed by atoms with van der Waals surface area (Å²) in [7, 11) is -0.910. The molecule has 2 rings (SSSR count). The molecule has 0 spiro atoms. The smallest absolute Gasteiger partial charge is 0.508 e. The molecule has 0 bridgehead atoms. The van der Waals surface area contributed by atoms with Crippen LogP contribution in [0.1, 0.15) is 39.2 Å². The number of aromatic hydroxyl groups is 1. The van der Waals surface area contributed by atoms with E-state index in [1.54, 1.807) is 0 Å². The van der Waals surface area contributed by atoms with Gasteiger partial charge in [-0.1, -0.05) is 0 Å². The predicted octanol–water partition coefficient (Wildman–Crippen LogP) is 2.92. The number of ether oxygens (including phenoxy) is 1. The maximum absolute atomic E-state index is 12.3. The highest BCUT2D eigenvalue weighted by Crippen LogP contribution is 2.41. The van der Waals surface area contributed by atoms with Gasteiger partial charge in [0.05, 0.1) is 17.1 Å². The van der Waals surface area contributed by atoms with Gasteiger partial charge >= 0.3 is 13.5 Å². The number of alkyl halides is 3. The Morgan fingerprint density at radius 3 is 2.17 bits per heavy atom. The Hall–Kier alpha value is -1.45. The molecule has 3 N–H and O–H groups in total. The van der Waals surface area contributed by atoms with Gasteiger partial charge in [-0.3, -0.25) is 0 Å². The second-order valence-corrected chi connectivity index (χ2v) is 6.42. The summed E-state index contributed by atoms with van der Waals surface area (Å²) in [6.45, 7) is 7.29. The largest absolute Gasteiger partial charge is 0.573 e. The van der Waals surface area contributed by atoms with Crippen LogP contribution in [-0.4, -0.2) is 29.8 Å². The zero-order valence-electron chi connectivity index (χ0n) is 13.3. The lowest BCUT2D eigenvalue weighted by molar-refractivity contribution is -0.274. The molecule has 0 saturated carbocycles. The second kappa shape index (κ2) is 5.57. The molecule has 1 aliphatic rings. The van der Waals surface area contributed by atoms with Crippen molar-refractivity contribution in [2.24, 2.45) is 5.73 Å². The van der Waals surface area contributed by atoms with Gasteiger partial charge in [-0.15, -0.1) is 13.2 Å². The van der Waals surface area contributed by atoms with Crippen LogP contribution in [0.3, 0.4) is 0 Å². The minimum absolute atomic E-state index is 0.0465. The van der Waals surface area contributed by atoms with Crippen molar-refractivity contribution in [3.8, 4) is 11.5 Å². The van der Waals surface area contributed by atoms with E-state index in [1.807, 2.05) is 27.7 Å². The SMILES string of the molecule is CC1(C)OB([C@H](N)c2cc(OC(F)(F)F)ccc2O)OC1(C)C. The van der Waals surface area contributed by atoms with E-state index in [-0.39, 0.29) is 11.3 Å². The second-order valence-electron chi connectivity index (χ2n) is 6.42. The molecule has 1 atom stereocenters. The maximum Gasteiger partial charge on any atom is 0.573 e. The Morgan fingerprint density at radius 2 is 1.70 bits per heavy atom. The number of nitrogens with two attached hydrogens (primary N) is 1. The van der Waals surface area contributed by atoms with E-state index >= 15 is 0 Å². The minimum Gasteiger partial charge on any atom is -0.508 e. The van der Waals surface area contributed by atoms with Crippen molar-refractivity contribution in [1.29, 1.82) is 0 Å². The number of hydrogen-bond donors (Lipinski definition) is 2. The van der Waals surface area contributed by atoms with Crippen molar-refractivity contribution < 1.29 is 32.3 Å². The summed E-state index contributed by atoms with van der Waals surface area (Å²) >= 11 is 0. The molecule has 9 heteroatoms. The lowest BCUT2D eigenvalue weighted by Gasteiger charge is -2.32. The van der Waals surface area contributed by atoms with Crippen LogP contribution in [0.5, 0.6) is 11.5 Å². The zero-order chi connectivity index (χ0) is 17.6. The Kier molecular flexibility index (Phi) is 4.34. The monoisotopic (exact) mass is 333 g/mol. The maximum atomic E-state index is 12.3. The van der Waals surface area contributed by atoms with Crippen molar-refractivity contribution >= 4 is 7.12 Å². The molecule has 23 heavy (non-hydrogen) atoms. The number of halogens is 3. The molecule has 5 nitrogen and oxygen atoms in total. The first-order chi connectivity index (χ1) is 10.3. The van der Waals surface area contributed by atoms with Crippen molar-refractivity contribution in [3.05, 3.63) is 23.8 Å². The summed E-state index contributed by atoms with van der Waals surface area (Å²) in [6.07, 6.45) is -4.83. The van der Waals surface area contributed by atoms with Crippen LogP contribution in [0, 0.1) is 0 Å². The lowest BCUT2D eigenvalue weighted by atomic mass is 9.74. The zero-order valence-corrected chi connectivity index (χ0v) is 13.3. The first kappa shape index (κ1) is 17.9. The molecule has 1 fully saturated rings. The molecule has 0 aliphatic carbocycles. The van der Waals surface area contributed by atoms with Crippen LogP contribution in [0.15, 0.2) is 18.2 Å². The van der Waals surface area contributed by atoms with E-state index in [4.69, 9.17) is 15.0 Å². The number of phenolic OH excluding ortho intramolecular Hbond substituents is 1. The Balaban J connectivity index is 2.26. The average Bonchev–Trinajstić information content (AvgIpc) is 2.58. The van der Waals surface area contributed by atoms with Crippen LogP contribution >= 0.6 is 0 Å².